The molecule has 118 valence electrons. The molecule has 0 saturated carbocycles. The number of benzene rings is 3. The molecule has 0 aliphatic rings. The van der Waals surface area contributed by atoms with E-state index in [1.54, 1.807) is 0 Å². The van der Waals surface area contributed by atoms with E-state index in [0.717, 1.165) is 18.0 Å². The zero-order valence-electron chi connectivity index (χ0n) is 14.0. The van der Waals surface area contributed by atoms with Gasteiger partial charge in [-0.05, 0) is 49.4 Å². The second-order valence-electron chi connectivity index (χ2n) is 6.11. The Morgan fingerprint density at radius 2 is 1.74 bits per heavy atom. The molecule has 3 aromatic rings. The Hall–Kier alpha value is -2.48. The number of hydrogen-bond donors (Lipinski definition) is 1. The van der Waals surface area contributed by atoms with Crippen molar-refractivity contribution in [3.8, 4) is 5.75 Å². The van der Waals surface area contributed by atoms with Gasteiger partial charge in [0.05, 0.1) is 6.54 Å². The first-order valence-electron chi connectivity index (χ1n) is 8.09. The predicted molar refractivity (Wildman–Crippen MR) is 98.4 cm³/mol. The van der Waals surface area contributed by atoms with Crippen LogP contribution in [-0.2, 0) is 0 Å². The van der Waals surface area contributed by atoms with E-state index in [4.69, 9.17) is 4.74 Å². The molecular formula is C21H23NO. The minimum Gasteiger partial charge on any atom is -0.489 e. The first-order valence-corrected chi connectivity index (χ1v) is 8.09. The van der Waals surface area contributed by atoms with Crippen LogP contribution in [0.4, 0.5) is 5.69 Å². The van der Waals surface area contributed by atoms with Crippen LogP contribution in [0, 0.1) is 13.8 Å². The molecule has 0 aromatic heterocycles. The highest BCUT2D eigenvalue weighted by Crippen LogP contribution is 2.24. The van der Waals surface area contributed by atoms with Gasteiger partial charge in [-0.15, -0.1) is 0 Å². The molecule has 1 N–H and O–H groups in total. The van der Waals surface area contributed by atoms with E-state index in [1.165, 1.54) is 21.9 Å². The van der Waals surface area contributed by atoms with Gasteiger partial charge in [0.2, 0.25) is 0 Å². The summed E-state index contributed by atoms with van der Waals surface area (Å²) in [4.78, 5) is 0. The van der Waals surface area contributed by atoms with E-state index in [0.29, 0.717) is 0 Å². The van der Waals surface area contributed by atoms with E-state index in [9.17, 15) is 0 Å². The smallest absolute Gasteiger partial charge is 0.122 e. The molecule has 0 radical (unpaired) electrons. The van der Waals surface area contributed by atoms with Crippen molar-refractivity contribution in [3.05, 3.63) is 71.8 Å². The van der Waals surface area contributed by atoms with E-state index in [-0.39, 0.29) is 6.10 Å². The molecule has 0 aliphatic heterocycles. The molecule has 1 unspecified atom stereocenters. The molecule has 0 aliphatic carbocycles. The molecule has 0 heterocycles. The molecular weight excluding hydrogens is 282 g/mol. The van der Waals surface area contributed by atoms with Gasteiger partial charge in [-0.3, -0.25) is 0 Å². The summed E-state index contributed by atoms with van der Waals surface area (Å²) in [6.45, 7) is 7.03. The number of aryl methyl sites for hydroxylation is 2. The first kappa shape index (κ1) is 15.4. The van der Waals surface area contributed by atoms with Crippen molar-refractivity contribution in [2.75, 3.05) is 11.9 Å². The Balaban J connectivity index is 1.69. The summed E-state index contributed by atoms with van der Waals surface area (Å²) in [5, 5.41) is 6.01. The van der Waals surface area contributed by atoms with Gasteiger partial charge >= 0.3 is 0 Å². The number of fused-ring (bicyclic) bond motifs is 1. The first-order chi connectivity index (χ1) is 11.1. The fourth-order valence-electron chi connectivity index (χ4n) is 2.73. The second-order valence-corrected chi connectivity index (χ2v) is 6.11. The summed E-state index contributed by atoms with van der Waals surface area (Å²) in [6, 6.07) is 21.1. The van der Waals surface area contributed by atoms with Crippen LogP contribution in [0.2, 0.25) is 0 Å². The summed E-state index contributed by atoms with van der Waals surface area (Å²) in [6.07, 6.45) is 0.0921. The average molecular weight is 305 g/mol. The number of anilines is 1. The number of ether oxygens (including phenoxy) is 1. The van der Waals surface area contributed by atoms with Gasteiger partial charge in [0.25, 0.3) is 0 Å². The number of nitrogens with one attached hydrogen (secondary N) is 1. The van der Waals surface area contributed by atoms with Crippen molar-refractivity contribution in [2.45, 2.75) is 26.9 Å². The minimum atomic E-state index is 0.0921. The van der Waals surface area contributed by atoms with Crippen LogP contribution in [0.3, 0.4) is 0 Å². The lowest BCUT2D eigenvalue weighted by molar-refractivity contribution is 0.233. The lowest BCUT2D eigenvalue weighted by Gasteiger charge is -2.18. The molecule has 23 heavy (non-hydrogen) atoms. The molecule has 0 amide bonds. The van der Waals surface area contributed by atoms with Crippen molar-refractivity contribution in [1.82, 2.24) is 0 Å². The summed E-state index contributed by atoms with van der Waals surface area (Å²) in [5.74, 6) is 0.970. The van der Waals surface area contributed by atoms with Gasteiger partial charge in [-0.25, -0.2) is 0 Å². The van der Waals surface area contributed by atoms with E-state index < -0.39 is 0 Å². The molecule has 2 heteroatoms. The Labute approximate surface area is 138 Å². The third-order valence-electron chi connectivity index (χ3n) is 4.04. The van der Waals surface area contributed by atoms with E-state index >= 15 is 0 Å². The van der Waals surface area contributed by atoms with E-state index in [2.05, 4.69) is 86.8 Å². The topological polar surface area (TPSA) is 21.3 Å². The van der Waals surface area contributed by atoms with Crippen LogP contribution >= 0.6 is 0 Å². The molecule has 1 atom stereocenters. The van der Waals surface area contributed by atoms with Gasteiger partial charge in [0.1, 0.15) is 11.9 Å². The maximum Gasteiger partial charge on any atom is 0.122 e. The SMILES string of the molecule is Cc1ccc(C)c(OC(C)CNc2cccc3ccccc23)c1. The lowest BCUT2D eigenvalue weighted by Crippen LogP contribution is -2.23. The largest absolute Gasteiger partial charge is 0.489 e. The highest BCUT2D eigenvalue weighted by atomic mass is 16.5. The normalized spacial score (nSPS) is 12.1. The molecule has 0 bridgehead atoms. The highest BCUT2D eigenvalue weighted by Gasteiger charge is 2.08. The minimum absolute atomic E-state index is 0.0921. The molecule has 3 aromatic carbocycles. The van der Waals surface area contributed by atoms with Crippen molar-refractivity contribution >= 4 is 16.5 Å². The maximum absolute atomic E-state index is 6.10. The lowest BCUT2D eigenvalue weighted by atomic mass is 10.1. The predicted octanol–water partition coefficient (Wildman–Crippen LogP) is 5.34. The quantitative estimate of drug-likeness (QED) is 0.687. The zero-order chi connectivity index (χ0) is 16.2. The fraction of sp³-hybridized carbons (Fsp3) is 0.238. The molecule has 2 nitrogen and oxygen atoms in total. The number of rotatable bonds is 5. The Kier molecular flexibility index (Phi) is 4.52. The van der Waals surface area contributed by atoms with Crippen LogP contribution in [0.5, 0.6) is 5.75 Å². The van der Waals surface area contributed by atoms with Crippen molar-refractivity contribution < 1.29 is 4.74 Å². The standard InChI is InChI=1S/C21H23NO/c1-15-11-12-16(2)21(13-15)23-17(3)14-22-20-10-6-8-18-7-4-5-9-19(18)20/h4-13,17,22H,14H2,1-3H3. The third kappa shape index (κ3) is 3.65. The van der Waals surface area contributed by atoms with Crippen molar-refractivity contribution in [3.63, 3.8) is 0 Å². The number of hydrogen-bond acceptors (Lipinski definition) is 2. The van der Waals surface area contributed by atoms with Gasteiger partial charge in [0, 0.05) is 11.1 Å². The van der Waals surface area contributed by atoms with Gasteiger partial charge < -0.3 is 10.1 Å². The monoisotopic (exact) mass is 305 g/mol. The van der Waals surface area contributed by atoms with Gasteiger partial charge in [0.15, 0.2) is 0 Å². The van der Waals surface area contributed by atoms with Gasteiger partial charge in [-0.2, -0.15) is 0 Å². The third-order valence-corrected chi connectivity index (χ3v) is 4.04. The Morgan fingerprint density at radius 1 is 0.957 bits per heavy atom. The maximum atomic E-state index is 6.10. The van der Waals surface area contributed by atoms with Crippen molar-refractivity contribution in [1.29, 1.82) is 0 Å². The van der Waals surface area contributed by atoms with Crippen LogP contribution in [0.15, 0.2) is 60.7 Å². The molecule has 0 spiro atoms. The summed E-state index contributed by atoms with van der Waals surface area (Å²) >= 11 is 0. The highest BCUT2D eigenvalue weighted by molar-refractivity contribution is 5.93. The van der Waals surface area contributed by atoms with E-state index in [1.807, 2.05) is 0 Å². The molecule has 0 saturated heterocycles. The summed E-state index contributed by atoms with van der Waals surface area (Å²) < 4.78 is 6.10. The molecule has 0 fully saturated rings. The van der Waals surface area contributed by atoms with Crippen LogP contribution < -0.4 is 10.1 Å². The Morgan fingerprint density at radius 3 is 2.61 bits per heavy atom. The van der Waals surface area contributed by atoms with Crippen molar-refractivity contribution in [2.24, 2.45) is 0 Å². The van der Waals surface area contributed by atoms with Crippen LogP contribution in [0.25, 0.3) is 10.8 Å². The average Bonchev–Trinajstić information content (AvgIpc) is 2.56. The second kappa shape index (κ2) is 6.74. The summed E-state index contributed by atoms with van der Waals surface area (Å²) in [5.41, 5.74) is 3.55. The van der Waals surface area contributed by atoms with Gasteiger partial charge in [-0.1, -0.05) is 48.5 Å². The molecule has 3 rings (SSSR count). The fourth-order valence-corrected chi connectivity index (χ4v) is 2.73. The Bertz CT molecular complexity index is 805. The zero-order valence-corrected chi connectivity index (χ0v) is 14.0. The van der Waals surface area contributed by atoms with Crippen LogP contribution in [-0.4, -0.2) is 12.6 Å². The summed E-state index contributed by atoms with van der Waals surface area (Å²) in [7, 11) is 0. The van der Waals surface area contributed by atoms with Crippen LogP contribution in [0.1, 0.15) is 18.1 Å².